The first-order valence-electron chi connectivity index (χ1n) is 14.3. The summed E-state index contributed by atoms with van der Waals surface area (Å²) in [4.78, 5) is 11.4. The summed E-state index contributed by atoms with van der Waals surface area (Å²) in [7, 11) is -0.364. The van der Waals surface area contributed by atoms with Crippen LogP contribution in [0.3, 0.4) is 0 Å². The Morgan fingerprint density at radius 2 is 1.59 bits per heavy atom. The van der Waals surface area contributed by atoms with Crippen molar-refractivity contribution in [2.24, 2.45) is 11.8 Å². The molecule has 4 heteroatoms. The summed E-state index contributed by atoms with van der Waals surface area (Å²) < 4.78 is 11.5. The van der Waals surface area contributed by atoms with Crippen LogP contribution in [0.5, 0.6) is 0 Å². The minimum absolute atomic E-state index is 0.121. The van der Waals surface area contributed by atoms with E-state index in [0.717, 1.165) is 19.3 Å². The highest BCUT2D eigenvalue weighted by Gasteiger charge is 2.38. The van der Waals surface area contributed by atoms with E-state index in [2.05, 4.69) is 115 Å². The monoisotopic (exact) mass is 526 g/mol. The number of hydrogen-bond donors (Lipinski definition) is 0. The number of benzene rings is 1. The number of rotatable bonds is 16. The summed E-state index contributed by atoms with van der Waals surface area (Å²) in [6, 6.07) is 8.52. The predicted octanol–water partition coefficient (Wildman–Crippen LogP) is 9.86. The topological polar surface area (TPSA) is 35.5 Å². The molecule has 0 aliphatic heterocycles. The lowest BCUT2D eigenvalue weighted by Gasteiger charge is -2.38. The van der Waals surface area contributed by atoms with Gasteiger partial charge in [0.15, 0.2) is 8.32 Å². The maximum Gasteiger partial charge on any atom is 0.305 e. The summed E-state index contributed by atoms with van der Waals surface area (Å²) in [6.07, 6.45) is 20.6. The molecule has 208 valence electrons. The number of carbonyl (C=O) groups is 1. The highest BCUT2D eigenvalue weighted by atomic mass is 28.4. The molecule has 3 nitrogen and oxygen atoms in total. The zero-order chi connectivity index (χ0) is 27.9. The van der Waals surface area contributed by atoms with Gasteiger partial charge in [-0.05, 0) is 60.4 Å². The first-order chi connectivity index (χ1) is 17.4. The molecule has 0 unspecified atom stereocenters. The number of ether oxygens (including phenoxy) is 1. The van der Waals surface area contributed by atoms with Crippen molar-refractivity contribution in [1.82, 2.24) is 0 Å². The van der Waals surface area contributed by atoms with Gasteiger partial charge in [-0.15, -0.1) is 0 Å². The molecule has 0 saturated carbocycles. The third-order valence-electron chi connectivity index (χ3n) is 7.80. The molecule has 0 radical (unpaired) electrons. The average Bonchev–Trinajstić information content (AvgIpc) is 2.84. The minimum Gasteiger partial charge on any atom is -0.469 e. The number of esters is 1. The Labute approximate surface area is 229 Å². The number of unbranched alkanes of at least 4 members (excludes halogenated alkanes) is 2. The second-order valence-electron chi connectivity index (χ2n) is 11.9. The Bertz CT molecular complexity index is 876. The van der Waals surface area contributed by atoms with Gasteiger partial charge in [0, 0.05) is 6.42 Å². The van der Waals surface area contributed by atoms with Crippen LogP contribution >= 0.6 is 0 Å². The van der Waals surface area contributed by atoms with Crippen LogP contribution in [0.1, 0.15) is 97.6 Å². The molecule has 0 aliphatic rings. The van der Waals surface area contributed by atoms with E-state index in [1.165, 1.54) is 37.5 Å². The third-order valence-corrected chi connectivity index (χ3v) is 12.3. The van der Waals surface area contributed by atoms with Gasteiger partial charge in [-0.25, -0.2) is 0 Å². The number of allylic oxidation sites excluding steroid dienone is 3. The Morgan fingerprint density at radius 1 is 0.946 bits per heavy atom. The quantitative estimate of drug-likeness (QED) is 0.0930. The molecular formula is C33H54O3Si. The molecule has 1 rings (SSSR count). The summed E-state index contributed by atoms with van der Waals surface area (Å²) in [5.41, 5.74) is 2.43. The van der Waals surface area contributed by atoms with Gasteiger partial charge < -0.3 is 9.16 Å². The van der Waals surface area contributed by atoms with E-state index in [0.29, 0.717) is 18.3 Å². The lowest BCUT2D eigenvalue weighted by Crippen LogP contribution is -2.43. The molecule has 37 heavy (non-hydrogen) atoms. The maximum atomic E-state index is 11.4. The van der Waals surface area contributed by atoms with Crippen molar-refractivity contribution in [3.8, 4) is 0 Å². The maximum absolute atomic E-state index is 11.4. The van der Waals surface area contributed by atoms with Crippen LogP contribution in [0.4, 0.5) is 0 Å². The van der Waals surface area contributed by atoms with Crippen LogP contribution in [0, 0.1) is 11.8 Å². The third kappa shape index (κ3) is 12.9. The summed E-state index contributed by atoms with van der Waals surface area (Å²) in [5, 5.41) is 0.209. The average molecular weight is 527 g/mol. The molecule has 1 aromatic carbocycles. The van der Waals surface area contributed by atoms with Crippen molar-refractivity contribution < 1.29 is 14.0 Å². The summed E-state index contributed by atoms with van der Waals surface area (Å²) >= 11 is 0. The Kier molecular flexibility index (Phi) is 15.1. The van der Waals surface area contributed by atoms with Crippen molar-refractivity contribution in [3.05, 3.63) is 59.7 Å². The fourth-order valence-electron chi connectivity index (χ4n) is 3.89. The van der Waals surface area contributed by atoms with E-state index >= 15 is 0 Å². The second kappa shape index (κ2) is 16.8. The van der Waals surface area contributed by atoms with Crippen LogP contribution in [0.25, 0.3) is 12.2 Å². The lowest BCUT2D eigenvalue weighted by molar-refractivity contribution is -0.140. The van der Waals surface area contributed by atoms with E-state index in [-0.39, 0.29) is 17.1 Å². The fourth-order valence-corrected chi connectivity index (χ4v) is 5.19. The van der Waals surface area contributed by atoms with E-state index in [1.54, 1.807) is 0 Å². The Hall–Kier alpha value is -1.91. The molecule has 0 aromatic heterocycles. The first kappa shape index (κ1) is 33.1. The minimum atomic E-state index is -1.82. The fraction of sp³-hybridized carbons (Fsp3) is 0.606. The van der Waals surface area contributed by atoms with Gasteiger partial charge in [-0.2, -0.15) is 0 Å². The number of methoxy groups -OCH3 is 1. The normalized spacial score (nSPS) is 15.5. The van der Waals surface area contributed by atoms with Gasteiger partial charge in [-0.3, -0.25) is 4.79 Å². The number of hydrogen-bond acceptors (Lipinski definition) is 3. The molecule has 0 saturated heterocycles. The van der Waals surface area contributed by atoms with E-state index in [1.807, 2.05) is 0 Å². The first-order valence-corrected chi connectivity index (χ1v) is 17.2. The van der Waals surface area contributed by atoms with E-state index in [9.17, 15) is 4.79 Å². The smallest absolute Gasteiger partial charge is 0.305 e. The van der Waals surface area contributed by atoms with Crippen LogP contribution in [-0.4, -0.2) is 27.5 Å². The van der Waals surface area contributed by atoms with Gasteiger partial charge in [-0.1, -0.05) is 122 Å². The molecule has 0 spiro atoms. The summed E-state index contributed by atoms with van der Waals surface area (Å²) in [6.45, 7) is 18.4. The number of carbonyl (C=O) groups excluding carboxylic acids is 1. The SMILES string of the molecule is CCCCC[C@H](/C=C/C=C/c1ccccc1/C=C/[C@@H](C)[C@@H](C)CCCC(=O)OC)O[Si](C)(C)C(C)(C)C. The molecular weight excluding hydrogens is 472 g/mol. The van der Waals surface area contributed by atoms with Crippen LogP contribution in [0.15, 0.2) is 48.6 Å². The van der Waals surface area contributed by atoms with Crippen molar-refractivity contribution in [2.75, 3.05) is 7.11 Å². The van der Waals surface area contributed by atoms with Crippen molar-refractivity contribution in [3.63, 3.8) is 0 Å². The van der Waals surface area contributed by atoms with Crippen molar-refractivity contribution in [1.29, 1.82) is 0 Å². The molecule has 0 fully saturated rings. The van der Waals surface area contributed by atoms with Crippen molar-refractivity contribution >= 4 is 26.4 Å². The Balaban J connectivity index is 2.85. The summed E-state index contributed by atoms with van der Waals surface area (Å²) in [5.74, 6) is 0.826. The van der Waals surface area contributed by atoms with Crippen LogP contribution in [-0.2, 0) is 14.0 Å². The highest BCUT2D eigenvalue weighted by molar-refractivity contribution is 6.74. The van der Waals surface area contributed by atoms with Crippen molar-refractivity contribution in [2.45, 2.75) is 111 Å². The van der Waals surface area contributed by atoms with Gasteiger partial charge in [0.2, 0.25) is 0 Å². The molecule has 0 bridgehead atoms. The molecule has 0 amide bonds. The second-order valence-corrected chi connectivity index (χ2v) is 16.7. The van der Waals surface area contributed by atoms with Crippen LogP contribution in [0.2, 0.25) is 18.1 Å². The zero-order valence-corrected chi connectivity index (χ0v) is 26.2. The standard InChI is InChI=1S/C33H54O3Si/c1-10-11-12-22-31(36-37(8,9)33(4,5)6)23-16-15-20-29-19-13-14-21-30(29)26-25-28(3)27(2)18-17-24-32(34)35-7/h13-16,19-21,23,25-28,31H,10-12,17-18,22,24H2,1-9H3/b20-15+,23-16+,26-25+/t27-,28+,31+/m0/s1. The zero-order valence-electron chi connectivity index (χ0n) is 25.2. The molecule has 3 atom stereocenters. The van der Waals surface area contributed by atoms with Gasteiger partial charge in [0.05, 0.1) is 13.2 Å². The van der Waals surface area contributed by atoms with E-state index in [4.69, 9.17) is 9.16 Å². The predicted molar refractivity (Wildman–Crippen MR) is 164 cm³/mol. The Morgan fingerprint density at radius 3 is 2.19 bits per heavy atom. The molecule has 0 aliphatic carbocycles. The van der Waals surface area contributed by atoms with Crippen LogP contribution < -0.4 is 0 Å². The van der Waals surface area contributed by atoms with Gasteiger partial charge in [0.25, 0.3) is 0 Å². The lowest BCUT2D eigenvalue weighted by atomic mass is 9.90. The molecule has 0 N–H and O–H groups in total. The highest BCUT2D eigenvalue weighted by Crippen LogP contribution is 2.38. The largest absolute Gasteiger partial charge is 0.469 e. The molecule has 1 aromatic rings. The van der Waals surface area contributed by atoms with Gasteiger partial charge in [0.1, 0.15) is 0 Å². The van der Waals surface area contributed by atoms with E-state index < -0.39 is 8.32 Å². The molecule has 0 heterocycles. The van der Waals surface area contributed by atoms with Gasteiger partial charge >= 0.3 is 5.97 Å².